The topological polar surface area (TPSA) is 78.4 Å². The van der Waals surface area contributed by atoms with E-state index in [2.05, 4.69) is 20.3 Å². The zero-order chi connectivity index (χ0) is 22.5. The summed E-state index contributed by atoms with van der Waals surface area (Å²) in [6.45, 7) is 1.77. The van der Waals surface area contributed by atoms with Crippen molar-refractivity contribution in [3.8, 4) is 11.5 Å². The van der Waals surface area contributed by atoms with Gasteiger partial charge in [0.05, 0.1) is 34.8 Å². The van der Waals surface area contributed by atoms with Crippen molar-refractivity contribution < 1.29 is 14.2 Å². The van der Waals surface area contributed by atoms with Gasteiger partial charge >= 0.3 is 0 Å². The van der Waals surface area contributed by atoms with Crippen LogP contribution in [-0.2, 0) is 11.3 Å². The van der Waals surface area contributed by atoms with Crippen molar-refractivity contribution in [2.75, 3.05) is 18.5 Å². The molecule has 1 saturated heterocycles. The molecule has 1 N–H and O–H groups in total. The lowest BCUT2D eigenvalue weighted by Gasteiger charge is -2.24. The highest BCUT2D eigenvalue weighted by molar-refractivity contribution is 6.32. The smallest absolute Gasteiger partial charge is 0.145 e. The lowest BCUT2D eigenvalue weighted by molar-refractivity contribution is 0.0262. The summed E-state index contributed by atoms with van der Waals surface area (Å²) in [5, 5.41) is 4.68. The number of hydrogen-bond donors (Lipinski definition) is 1. The lowest BCUT2D eigenvalue weighted by atomic mass is 10.1. The van der Waals surface area contributed by atoms with E-state index in [1.165, 1.54) is 6.33 Å². The summed E-state index contributed by atoms with van der Waals surface area (Å²) in [6.07, 6.45) is 5.11. The van der Waals surface area contributed by atoms with E-state index in [0.29, 0.717) is 36.4 Å². The van der Waals surface area contributed by atoms with Gasteiger partial charge in [-0.05, 0) is 42.5 Å². The Kier molecular flexibility index (Phi) is 6.51. The molecular formula is C25H23ClN4O3. The molecule has 0 unspecified atom stereocenters. The molecular weight excluding hydrogens is 440 g/mol. The summed E-state index contributed by atoms with van der Waals surface area (Å²) in [5.41, 5.74) is 2.42. The van der Waals surface area contributed by atoms with Gasteiger partial charge in [-0.3, -0.25) is 4.98 Å². The van der Waals surface area contributed by atoms with Crippen LogP contribution in [0.15, 0.2) is 67.1 Å². The standard InChI is InChI=1S/C25H23ClN4O3/c26-20-14-17(7-8-22(20)32-15-18-4-1-2-11-27-18)30-25-24-21(28-16-29-25)5-3-6-23(24)33-19-9-12-31-13-10-19/h1-8,11,14,16,19H,9-10,12-13,15H2,(H,28,29,30). The molecule has 7 nitrogen and oxygen atoms in total. The normalized spacial score (nSPS) is 14.2. The molecule has 1 aliphatic heterocycles. The molecule has 3 heterocycles. The minimum absolute atomic E-state index is 0.113. The molecule has 0 spiro atoms. The van der Waals surface area contributed by atoms with Crippen molar-refractivity contribution in [2.45, 2.75) is 25.6 Å². The van der Waals surface area contributed by atoms with E-state index in [1.807, 2.05) is 54.6 Å². The third-order valence-corrected chi connectivity index (χ3v) is 5.68. The van der Waals surface area contributed by atoms with Crippen molar-refractivity contribution >= 4 is 34.0 Å². The van der Waals surface area contributed by atoms with E-state index in [0.717, 1.165) is 40.9 Å². The molecule has 8 heteroatoms. The van der Waals surface area contributed by atoms with Gasteiger partial charge in [-0.1, -0.05) is 23.7 Å². The van der Waals surface area contributed by atoms with Crippen molar-refractivity contribution in [2.24, 2.45) is 0 Å². The third kappa shape index (κ3) is 5.16. The fourth-order valence-corrected chi connectivity index (χ4v) is 3.95. The quantitative estimate of drug-likeness (QED) is 0.385. The Morgan fingerprint density at radius 2 is 1.88 bits per heavy atom. The van der Waals surface area contributed by atoms with E-state index in [9.17, 15) is 0 Å². The van der Waals surface area contributed by atoms with Crippen LogP contribution in [0.1, 0.15) is 18.5 Å². The third-order valence-electron chi connectivity index (χ3n) is 5.38. The molecule has 1 aliphatic rings. The lowest BCUT2D eigenvalue weighted by Crippen LogP contribution is -2.26. The number of pyridine rings is 1. The Morgan fingerprint density at radius 1 is 0.970 bits per heavy atom. The summed E-state index contributed by atoms with van der Waals surface area (Å²) in [4.78, 5) is 13.2. The number of nitrogens with zero attached hydrogens (tertiary/aromatic N) is 3. The van der Waals surface area contributed by atoms with E-state index in [1.54, 1.807) is 6.20 Å². The summed E-state index contributed by atoms with van der Waals surface area (Å²) < 4.78 is 17.6. The largest absolute Gasteiger partial charge is 0.489 e. The number of aromatic nitrogens is 3. The minimum Gasteiger partial charge on any atom is -0.489 e. The number of fused-ring (bicyclic) bond motifs is 1. The van der Waals surface area contributed by atoms with Crippen LogP contribution in [-0.4, -0.2) is 34.3 Å². The molecule has 0 radical (unpaired) electrons. The summed E-state index contributed by atoms with van der Waals surface area (Å²) >= 11 is 6.49. The molecule has 0 bridgehead atoms. The van der Waals surface area contributed by atoms with E-state index >= 15 is 0 Å². The Morgan fingerprint density at radius 3 is 2.70 bits per heavy atom. The highest BCUT2D eigenvalue weighted by Crippen LogP contribution is 2.35. The molecule has 0 aliphatic carbocycles. The minimum atomic E-state index is 0.113. The Labute approximate surface area is 196 Å². The average Bonchev–Trinajstić information content (AvgIpc) is 2.85. The second-order valence-electron chi connectivity index (χ2n) is 7.68. The van der Waals surface area contributed by atoms with Gasteiger partial charge in [-0.2, -0.15) is 0 Å². The zero-order valence-electron chi connectivity index (χ0n) is 17.9. The molecule has 0 saturated carbocycles. The predicted molar refractivity (Wildman–Crippen MR) is 127 cm³/mol. The zero-order valence-corrected chi connectivity index (χ0v) is 18.7. The van der Waals surface area contributed by atoms with Crippen molar-refractivity contribution in [3.05, 3.63) is 77.8 Å². The summed E-state index contributed by atoms with van der Waals surface area (Å²) in [5.74, 6) is 1.99. The molecule has 2 aromatic carbocycles. The van der Waals surface area contributed by atoms with Crippen molar-refractivity contribution in [1.82, 2.24) is 15.0 Å². The van der Waals surface area contributed by atoms with Gasteiger partial charge in [0, 0.05) is 24.7 Å². The van der Waals surface area contributed by atoms with Gasteiger partial charge in [0.2, 0.25) is 0 Å². The first-order valence-electron chi connectivity index (χ1n) is 10.8. The highest BCUT2D eigenvalue weighted by Gasteiger charge is 2.18. The van der Waals surface area contributed by atoms with Crippen LogP contribution < -0.4 is 14.8 Å². The second-order valence-corrected chi connectivity index (χ2v) is 8.09. The first-order chi connectivity index (χ1) is 16.3. The molecule has 5 rings (SSSR count). The molecule has 4 aromatic rings. The van der Waals surface area contributed by atoms with Crippen LogP contribution in [0.4, 0.5) is 11.5 Å². The van der Waals surface area contributed by atoms with Crippen LogP contribution >= 0.6 is 11.6 Å². The van der Waals surface area contributed by atoms with Crippen LogP contribution in [0.5, 0.6) is 11.5 Å². The predicted octanol–water partition coefficient (Wildman–Crippen LogP) is 5.56. The molecule has 0 amide bonds. The van der Waals surface area contributed by atoms with Gasteiger partial charge in [-0.15, -0.1) is 0 Å². The summed E-state index contributed by atoms with van der Waals surface area (Å²) in [7, 11) is 0. The Balaban J connectivity index is 1.36. The number of ether oxygens (including phenoxy) is 3. The van der Waals surface area contributed by atoms with E-state index in [4.69, 9.17) is 25.8 Å². The number of halogens is 1. The molecule has 2 aromatic heterocycles. The van der Waals surface area contributed by atoms with E-state index in [-0.39, 0.29) is 6.10 Å². The molecule has 33 heavy (non-hydrogen) atoms. The first-order valence-corrected chi connectivity index (χ1v) is 11.2. The van der Waals surface area contributed by atoms with Gasteiger partial charge in [0.15, 0.2) is 0 Å². The fraction of sp³-hybridized carbons (Fsp3) is 0.240. The maximum atomic E-state index is 6.49. The average molecular weight is 463 g/mol. The van der Waals surface area contributed by atoms with Crippen molar-refractivity contribution in [3.63, 3.8) is 0 Å². The monoisotopic (exact) mass is 462 g/mol. The van der Waals surface area contributed by atoms with Gasteiger partial charge < -0.3 is 19.5 Å². The maximum absolute atomic E-state index is 6.49. The molecule has 168 valence electrons. The number of benzene rings is 2. The van der Waals surface area contributed by atoms with Gasteiger partial charge in [-0.25, -0.2) is 9.97 Å². The first kappa shape index (κ1) is 21.4. The summed E-state index contributed by atoms with van der Waals surface area (Å²) in [6, 6.07) is 17.1. The fourth-order valence-electron chi connectivity index (χ4n) is 3.71. The van der Waals surface area contributed by atoms with Crippen LogP contribution in [0.2, 0.25) is 5.02 Å². The van der Waals surface area contributed by atoms with E-state index < -0.39 is 0 Å². The Bertz CT molecular complexity index is 1230. The number of rotatable bonds is 7. The van der Waals surface area contributed by atoms with Crippen LogP contribution in [0, 0.1) is 0 Å². The number of nitrogens with one attached hydrogen (secondary N) is 1. The molecule has 0 atom stereocenters. The van der Waals surface area contributed by atoms with Crippen molar-refractivity contribution in [1.29, 1.82) is 0 Å². The highest BCUT2D eigenvalue weighted by atomic mass is 35.5. The van der Waals surface area contributed by atoms with Gasteiger partial charge in [0.1, 0.15) is 36.4 Å². The molecule has 1 fully saturated rings. The SMILES string of the molecule is Clc1cc(Nc2ncnc3cccc(OC4CCOCC4)c23)ccc1OCc1ccccn1. The van der Waals surface area contributed by atoms with Gasteiger partial charge in [0.25, 0.3) is 0 Å². The van der Waals surface area contributed by atoms with Crippen LogP contribution in [0.3, 0.4) is 0 Å². The number of anilines is 2. The Hall–Kier alpha value is -3.42. The number of hydrogen-bond acceptors (Lipinski definition) is 7. The maximum Gasteiger partial charge on any atom is 0.145 e. The second kappa shape index (κ2) is 10.0. The van der Waals surface area contributed by atoms with Crippen LogP contribution in [0.25, 0.3) is 10.9 Å².